The van der Waals surface area contributed by atoms with Crippen molar-refractivity contribution in [1.82, 2.24) is 10.6 Å². The summed E-state index contributed by atoms with van der Waals surface area (Å²) in [5, 5.41) is 5.49. The number of carbonyl (C=O) groups excluding carboxylic acids is 2. The molecule has 0 bridgehead atoms. The molecule has 1 atom stereocenters. The van der Waals surface area contributed by atoms with Crippen LogP contribution in [0.2, 0.25) is 0 Å². The standard InChI is InChI=1S/C25H27N3O4/c1-17-13-19-5-3-4-6-22(19)28(17)16-23-21(11-12-32-23)25(30)27-15-24(29)26-14-18-7-9-20(31-2)10-8-18/h3-12,17H,13-16H2,1-2H3,(H,26,29)(H,27,30). The summed E-state index contributed by atoms with van der Waals surface area (Å²) in [6.07, 6.45) is 2.48. The zero-order valence-corrected chi connectivity index (χ0v) is 18.3. The Morgan fingerprint density at radius 1 is 1.09 bits per heavy atom. The van der Waals surface area contributed by atoms with Gasteiger partial charge in [-0.15, -0.1) is 0 Å². The highest BCUT2D eigenvalue weighted by Crippen LogP contribution is 2.33. The van der Waals surface area contributed by atoms with Crippen molar-refractivity contribution in [3.8, 4) is 5.75 Å². The Morgan fingerprint density at radius 3 is 2.66 bits per heavy atom. The minimum absolute atomic E-state index is 0.109. The van der Waals surface area contributed by atoms with Gasteiger partial charge in [0, 0.05) is 18.3 Å². The summed E-state index contributed by atoms with van der Waals surface area (Å²) in [5.41, 5.74) is 3.86. The average molecular weight is 434 g/mol. The van der Waals surface area contributed by atoms with Crippen molar-refractivity contribution in [2.45, 2.75) is 32.5 Å². The molecule has 32 heavy (non-hydrogen) atoms. The molecule has 4 rings (SSSR count). The molecule has 0 spiro atoms. The molecule has 0 radical (unpaired) electrons. The monoisotopic (exact) mass is 433 g/mol. The van der Waals surface area contributed by atoms with Crippen LogP contribution in [-0.2, 0) is 24.3 Å². The fourth-order valence-electron chi connectivity index (χ4n) is 3.95. The summed E-state index contributed by atoms with van der Waals surface area (Å²) in [4.78, 5) is 27.1. The molecule has 2 amide bonds. The number of para-hydroxylation sites is 1. The summed E-state index contributed by atoms with van der Waals surface area (Å²) < 4.78 is 10.8. The van der Waals surface area contributed by atoms with E-state index in [0.717, 1.165) is 17.7 Å². The van der Waals surface area contributed by atoms with Gasteiger partial charge in [0.15, 0.2) is 0 Å². The largest absolute Gasteiger partial charge is 0.497 e. The van der Waals surface area contributed by atoms with Gasteiger partial charge in [0.1, 0.15) is 11.5 Å². The maximum absolute atomic E-state index is 12.7. The molecule has 166 valence electrons. The van der Waals surface area contributed by atoms with Gasteiger partial charge in [-0.3, -0.25) is 9.59 Å². The predicted octanol–water partition coefficient (Wildman–Crippen LogP) is 3.29. The van der Waals surface area contributed by atoms with Crippen LogP contribution in [0.3, 0.4) is 0 Å². The molecular weight excluding hydrogens is 406 g/mol. The molecule has 2 heterocycles. The lowest BCUT2D eigenvalue weighted by molar-refractivity contribution is -0.120. The minimum atomic E-state index is -0.325. The van der Waals surface area contributed by atoms with Crippen molar-refractivity contribution < 1.29 is 18.7 Å². The second-order valence-electron chi connectivity index (χ2n) is 7.87. The predicted molar refractivity (Wildman–Crippen MR) is 122 cm³/mol. The first kappa shape index (κ1) is 21.5. The number of carbonyl (C=O) groups is 2. The molecule has 0 aliphatic carbocycles. The van der Waals surface area contributed by atoms with Crippen LogP contribution in [0.5, 0.6) is 5.75 Å². The van der Waals surface area contributed by atoms with Gasteiger partial charge in [-0.1, -0.05) is 30.3 Å². The van der Waals surface area contributed by atoms with E-state index in [1.807, 2.05) is 36.4 Å². The Morgan fingerprint density at radius 2 is 1.88 bits per heavy atom. The molecule has 1 aliphatic rings. The van der Waals surface area contributed by atoms with Gasteiger partial charge in [0.05, 0.1) is 32.0 Å². The number of anilines is 1. The molecule has 2 N–H and O–H groups in total. The second-order valence-corrected chi connectivity index (χ2v) is 7.87. The third kappa shape index (κ3) is 4.77. The number of nitrogens with one attached hydrogen (secondary N) is 2. The molecule has 3 aromatic rings. The quantitative estimate of drug-likeness (QED) is 0.570. The highest BCUT2D eigenvalue weighted by Gasteiger charge is 2.28. The van der Waals surface area contributed by atoms with Crippen LogP contribution in [-0.4, -0.2) is 31.5 Å². The fraction of sp³-hybridized carbons (Fsp3) is 0.280. The Bertz CT molecular complexity index is 1090. The highest BCUT2D eigenvalue weighted by atomic mass is 16.5. The van der Waals surface area contributed by atoms with Crippen molar-refractivity contribution in [1.29, 1.82) is 0 Å². The molecule has 1 aliphatic heterocycles. The molecule has 1 aromatic heterocycles. The Kier molecular flexibility index (Phi) is 6.44. The number of amides is 2. The molecule has 0 saturated heterocycles. The first-order valence-electron chi connectivity index (χ1n) is 10.6. The molecule has 2 aromatic carbocycles. The molecule has 0 fully saturated rings. The van der Waals surface area contributed by atoms with Gasteiger partial charge in [-0.25, -0.2) is 0 Å². The molecule has 7 nitrogen and oxygen atoms in total. The summed E-state index contributed by atoms with van der Waals surface area (Å²) in [7, 11) is 1.61. The maximum atomic E-state index is 12.7. The highest BCUT2D eigenvalue weighted by molar-refractivity contribution is 5.97. The van der Waals surface area contributed by atoms with Crippen molar-refractivity contribution in [2.24, 2.45) is 0 Å². The SMILES string of the molecule is COc1ccc(CNC(=O)CNC(=O)c2ccoc2CN2c3ccccc3CC2C)cc1. The van der Waals surface area contributed by atoms with E-state index >= 15 is 0 Å². The van der Waals surface area contributed by atoms with Gasteiger partial charge >= 0.3 is 0 Å². The maximum Gasteiger partial charge on any atom is 0.255 e. The van der Waals surface area contributed by atoms with E-state index in [1.54, 1.807) is 13.2 Å². The van der Waals surface area contributed by atoms with Crippen molar-refractivity contribution in [2.75, 3.05) is 18.6 Å². The number of furan rings is 1. The van der Waals surface area contributed by atoms with E-state index in [2.05, 4.69) is 34.6 Å². The number of benzene rings is 2. The Labute approximate surface area is 187 Å². The van der Waals surface area contributed by atoms with E-state index in [9.17, 15) is 9.59 Å². The normalized spacial score (nSPS) is 14.7. The minimum Gasteiger partial charge on any atom is -0.497 e. The lowest BCUT2D eigenvalue weighted by atomic mass is 10.1. The van der Waals surface area contributed by atoms with E-state index in [-0.39, 0.29) is 18.4 Å². The van der Waals surface area contributed by atoms with E-state index < -0.39 is 0 Å². The number of rotatable bonds is 8. The smallest absolute Gasteiger partial charge is 0.255 e. The molecule has 0 saturated carbocycles. The van der Waals surface area contributed by atoms with Crippen LogP contribution < -0.4 is 20.3 Å². The number of fused-ring (bicyclic) bond motifs is 1. The summed E-state index contributed by atoms with van der Waals surface area (Å²) in [5.74, 6) is 0.759. The lowest BCUT2D eigenvalue weighted by Crippen LogP contribution is -2.37. The summed E-state index contributed by atoms with van der Waals surface area (Å²) in [6.45, 7) is 2.93. The van der Waals surface area contributed by atoms with Crippen LogP contribution >= 0.6 is 0 Å². The number of nitrogens with zero attached hydrogens (tertiary/aromatic N) is 1. The molecule has 1 unspecified atom stereocenters. The van der Waals surface area contributed by atoms with E-state index in [1.165, 1.54) is 17.5 Å². The van der Waals surface area contributed by atoms with Crippen LogP contribution in [0, 0.1) is 0 Å². The first-order valence-corrected chi connectivity index (χ1v) is 10.6. The van der Waals surface area contributed by atoms with Crippen LogP contribution in [0.25, 0.3) is 0 Å². The first-order chi connectivity index (χ1) is 15.5. The van der Waals surface area contributed by atoms with Gasteiger partial charge in [0.25, 0.3) is 5.91 Å². The van der Waals surface area contributed by atoms with Crippen LogP contribution in [0.15, 0.2) is 65.3 Å². The number of hydrogen-bond acceptors (Lipinski definition) is 5. The third-order valence-electron chi connectivity index (χ3n) is 5.71. The van der Waals surface area contributed by atoms with Gasteiger partial charge in [-0.05, 0) is 48.7 Å². The average Bonchev–Trinajstić information content (AvgIpc) is 3.41. The second kappa shape index (κ2) is 9.60. The number of methoxy groups -OCH3 is 1. The summed E-state index contributed by atoms with van der Waals surface area (Å²) >= 11 is 0. The van der Waals surface area contributed by atoms with Crippen LogP contribution in [0.1, 0.15) is 34.2 Å². The zero-order valence-electron chi connectivity index (χ0n) is 18.3. The molecular formula is C25H27N3O4. The molecule has 7 heteroatoms. The van der Waals surface area contributed by atoms with Gasteiger partial charge in [-0.2, -0.15) is 0 Å². The topological polar surface area (TPSA) is 83.8 Å². The summed E-state index contributed by atoms with van der Waals surface area (Å²) in [6, 6.07) is 17.7. The van der Waals surface area contributed by atoms with E-state index in [4.69, 9.17) is 9.15 Å². The van der Waals surface area contributed by atoms with Gasteiger partial charge < -0.3 is 24.7 Å². The fourth-order valence-corrected chi connectivity index (χ4v) is 3.95. The van der Waals surface area contributed by atoms with Crippen LogP contribution in [0.4, 0.5) is 5.69 Å². The Hall–Kier alpha value is -3.74. The Balaban J connectivity index is 1.31. The van der Waals surface area contributed by atoms with Crippen molar-refractivity contribution in [3.63, 3.8) is 0 Å². The number of hydrogen-bond donors (Lipinski definition) is 2. The number of ether oxygens (including phenoxy) is 1. The van der Waals surface area contributed by atoms with Gasteiger partial charge in [0.2, 0.25) is 5.91 Å². The lowest BCUT2D eigenvalue weighted by Gasteiger charge is -2.24. The van der Waals surface area contributed by atoms with Crippen molar-refractivity contribution >= 4 is 17.5 Å². The zero-order chi connectivity index (χ0) is 22.5. The van der Waals surface area contributed by atoms with Crippen molar-refractivity contribution in [3.05, 3.63) is 83.3 Å². The van der Waals surface area contributed by atoms with E-state index in [0.29, 0.717) is 30.5 Å². The third-order valence-corrected chi connectivity index (χ3v) is 5.71.